The fourth-order valence-electron chi connectivity index (χ4n) is 3.00. The average molecular weight is 547 g/mol. The van der Waals surface area contributed by atoms with Crippen LogP contribution in [0.2, 0.25) is 0 Å². The molecule has 0 unspecified atom stereocenters. The third-order valence-corrected chi connectivity index (χ3v) is 4.95. The van der Waals surface area contributed by atoms with E-state index in [1.54, 1.807) is 24.3 Å². The molecule has 0 fully saturated rings. The second-order valence-corrected chi connectivity index (χ2v) is 7.74. The zero-order valence-electron chi connectivity index (χ0n) is 21.4. The van der Waals surface area contributed by atoms with Gasteiger partial charge >= 0.3 is 23.9 Å². The minimum absolute atomic E-state index is 0.0686. The lowest BCUT2D eigenvalue weighted by Gasteiger charge is -2.09. The fourth-order valence-corrected chi connectivity index (χ4v) is 3.00. The van der Waals surface area contributed by atoms with Gasteiger partial charge in [-0.15, -0.1) is 0 Å². The molecule has 0 aromatic heterocycles. The lowest BCUT2D eigenvalue weighted by molar-refractivity contribution is -0.139. The number of hydrogen-bond donors (Lipinski definition) is 0. The van der Waals surface area contributed by atoms with Gasteiger partial charge in [0.2, 0.25) is 0 Å². The maximum Gasteiger partial charge on any atom is 0.343 e. The summed E-state index contributed by atoms with van der Waals surface area (Å²) in [7, 11) is 0. The Bertz CT molecular complexity index is 1220. The molecule has 3 aromatic carbocycles. The fraction of sp³-hybridized carbons (Fsp3) is 0.133. The van der Waals surface area contributed by atoms with Crippen LogP contribution in [0.15, 0.2) is 98.1 Å². The van der Waals surface area contributed by atoms with Crippen molar-refractivity contribution in [1.29, 1.82) is 0 Å². The molecule has 0 bridgehead atoms. The second-order valence-electron chi connectivity index (χ2n) is 7.74. The van der Waals surface area contributed by atoms with E-state index in [1.165, 1.54) is 48.5 Å². The first-order chi connectivity index (χ1) is 19.4. The predicted octanol–water partition coefficient (Wildman–Crippen LogP) is 4.34. The summed E-state index contributed by atoms with van der Waals surface area (Å²) in [5.41, 5.74) is 0.595. The van der Waals surface area contributed by atoms with Crippen molar-refractivity contribution in [2.45, 2.75) is 0 Å². The predicted molar refractivity (Wildman–Crippen MR) is 143 cm³/mol. The highest BCUT2D eigenvalue weighted by molar-refractivity contribution is 5.92. The molecular formula is C30H26O10. The quantitative estimate of drug-likeness (QED) is 0.125. The molecule has 0 saturated heterocycles. The molecule has 0 radical (unpaired) electrons. The van der Waals surface area contributed by atoms with Gasteiger partial charge in [0.15, 0.2) is 0 Å². The van der Waals surface area contributed by atoms with E-state index in [-0.39, 0.29) is 37.9 Å². The Kier molecular flexibility index (Phi) is 11.0. The molecule has 3 aromatic rings. The molecule has 0 atom stereocenters. The Balaban J connectivity index is 1.44. The van der Waals surface area contributed by atoms with Gasteiger partial charge in [0.1, 0.15) is 49.4 Å². The van der Waals surface area contributed by atoms with Crippen LogP contribution in [0.3, 0.4) is 0 Å². The van der Waals surface area contributed by atoms with Gasteiger partial charge in [-0.25, -0.2) is 19.2 Å². The molecule has 0 aliphatic heterocycles. The molecule has 0 aliphatic rings. The summed E-state index contributed by atoms with van der Waals surface area (Å²) in [5, 5.41) is 0. The Morgan fingerprint density at radius 1 is 0.500 bits per heavy atom. The Hall–Kier alpha value is -5.38. The normalized spacial score (nSPS) is 10.0. The van der Waals surface area contributed by atoms with E-state index < -0.39 is 23.9 Å². The summed E-state index contributed by atoms with van der Waals surface area (Å²) < 4.78 is 31.2. The van der Waals surface area contributed by atoms with E-state index in [0.29, 0.717) is 22.6 Å². The minimum atomic E-state index is -0.586. The van der Waals surface area contributed by atoms with Crippen LogP contribution >= 0.6 is 0 Å². The summed E-state index contributed by atoms with van der Waals surface area (Å²) in [6.45, 7) is 7.04. The smallest absolute Gasteiger partial charge is 0.343 e. The third kappa shape index (κ3) is 9.49. The van der Waals surface area contributed by atoms with Crippen molar-refractivity contribution in [2.75, 3.05) is 26.4 Å². The maximum atomic E-state index is 12.4. The molecule has 0 aliphatic carbocycles. The number of hydrogen-bond acceptors (Lipinski definition) is 10. The summed E-state index contributed by atoms with van der Waals surface area (Å²) in [5.74, 6) is -0.739. The van der Waals surface area contributed by atoms with Gasteiger partial charge in [-0.1, -0.05) is 13.2 Å². The van der Waals surface area contributed by atoms with E-state index >= 15 is 0 Å². The SMILES string of the molecule is C=CC(=O)OCCOc1ccc(C(=O)Oc2ccc(OC(=O)c3ccc(OCCOC(=O)C=C)cc3)cc2)cc1. The highest BCUT2D eigenvalue weighted by Gasteiger charge is 2.12. The number of rotatable bonds is 14. The Morgan fingerprint density at radius 2 is 0.825 bits per heavy atom. The van der Waals surface area contributed by atoms with Crippen molar-refractivity contribution in [3.63, 3.8) is 0 Å². The highest BCUT2D eigenvalue weighted by Crippen LogP contribution is 2.21. The van der Waals surface area contributed by atoms with Crippen molar-refractivity contribution in [3.05, 3.63) is 109 Å². The summed E-state index contributed by atoms with van der Waals surface area (Å²) >= 11 is 0. The van der Waals surface area contributed by atoms with Crippen molar-refractivity contribution >= 4 is 23.9 Å². The zero-order chi connectivity index (χ0) is 28.7. The van der Waals surface area contributed by atoms with Gasteiger partial charge in [0.05, 0.1) is 11.1 Å². The van der Waals surface area contributed by atoms with Crippen LogP contribution in [0.1, 0.15) is 20.7 Å². The minimum Gasteiger partial charge on any atom is -0.490 e. The summed E-state index contributed by atoms with van der Waals surface area (Å²) in [6, 6.07) is 18.5. The first kappa shape index (κ1) is 29.2. The number of esters is 4. The van der Waals surface area contributed by atoms with Crippen LogP contribution in [-0.2, 0) is 19.1 Å². The number of ether oxygens (including phenoxy) is 6. The van der Waals surface area contributed by atoms with Crippen LogP contribution in [0.5, 0.6) is 23.0 Å². The van der Waals surface area contributed by atoms with Crippen molar-refractivity contribution in [2.24, 2.45) is 0 Å². The van der Waals surface area contributed by atoms with Gasteiger partial charge < -0.3 is 28.4 Å². The molecule has 10 nitrogen and oxygen atoms in total. The van der Waals surface area contributed by atoms with Crippen molar-refractivity contribution < 1.29 is 47.6 Å². The maximum absolute atomic E-state index is 12.4. The summed E-state index contributed by atoms with van der Waals surface area (Å²) in [6.07, 6.45) is 2.13. The molecule has 0 N–H and O–H groups in total. The van der Waals surface area contributed by atoms with Crippen LogP contribution in [-0.4, -0.2) is 50.3 Å². The molecule has 40 heavy (non-hydrogen) atoms. The van der Waals surface area contributed by atoms with E-state index in [0.717, 1.165) is 12.2 Å². The van der Waals surface area contributed by atoms with Gasteiger partial charge in [-0.2, -0.15) is 0 Å². The molecule has 0 saturated carbocycles. The van der Waals surface area contributed by atoms with Gasteiger partial charge in [-0.3, -0.25) is 0 Å². The van der Waals surface area contributed by atoms with Gasteiger partial charge in [0.25, 0.3) is 0 Å². The first-order valence-electron chi connectivity index (χ1n) is 12.0. The Labute approximate surface area is 230 Å². The standard InChI is InChI=1S/C30H26O10/c1-3-27(31)37-19-17-35-23-9-5-21(6-10-23)29(33)39-25-13-15-26(16-14-25)40-30(34)22-7-11-24(12-8-22)36-18-20-38-28(32)4-2/h3-16H,1-2,17-20H2. The summed E-state index contributed by atoms with van der Waals surface area (Å²) in [4.78, 5) is 46.9. The zero-order valence-corrected chi connectivity index (χ0v) is 21.4. The van der Waals surface area contributed by atoms with E-state index in [9.17, 15) is 19.2 Å². The van der Waals surface area contributed by atoms with E-state index in [4.69, 9.17) is 28.4 Å². The molecular weight excluding hydrogens is 520 g/mol. The lowest BCUT2D eigenvalue weighted by Crippen LogP contribution is -2.11. The molecule has 10 heteroatoms. The lowest BCUT2D eigenvalue weighted by atomic mass is 10.2. The monoisotopic (exact) mass is 546 g/mol. The van der Waals surface area contributed by atoms with Crippen LogP contribution in [0, 0.1) is 0 Å². The van der Waals surface area contributed by atoms with Gasteiger partial charge in [-0.05, 0) is 72.8 Å². The largest absolute Gasteiger partial charge is 0.490 e. The van der Waals surface area contributed by atoms with E-state index in [2.05, 4.69) is 13.2 Å². The van der Waals surface area contributed by atoms with Crippen molar-refractivity contribution in [1.82, 2.24) is 0 Å². The molecule has 3 rings (SSSR count). The van der Waals surface area contributed by atoms with Crippen molar-refractivity contribution in [3.8, 4) is 23.0 Å². The molecule has 0 amide bonds. The van der Waals surface area contributed by atoms with Crippen LogP contribution in [0.25, 0.3) is 0 Å². The van der Waals surface area contributed by atoms with Gasteiger partial charge in [0, 0.05) is 12.2 Å². The van der Waals surface area contributed by atoms with Crippen LogP contribution < -0.4 is 18.9 Å². The second kappa shape index (κ2) is 15.1. The molecule has 0 spiro atoms. The highest BCUT2D eigenvalue weighted by atomic mass is 16.6. The number of carbonyl (C=O) groups excluding carboxylic acids is 4. The third-order valence-electron chi connectivity index (χ3n) is 4.95. The molecule has 206 valence electrons. The topological polar surface area (TPSA) is 124 Å². The molecule has 0 heterocycles. The number of benzene rings is 3. The number of carbonyl (C=O) groups is 4. The van der Waals surface area contributed by atoms with E-state index in [1.807, 2.05) is 0 Å². The Morgan fingerprint density at radius 3 is 1.15 bits per heavy atom. The average Bonchev–Trinajstić information content (AvgIpc) is 2.98. The van der Waals surface area contributed by atoms with Crippen LogP contribution in [0.4, 0.5) is 0 Å². The first-order valence-corrected chi connectivity index (χ1v) is 12.0.